The molecule has 0 aromatic rings. The molecule has 5 nitrogen and oxygen atoms in total. The first-order chi connectivity index (χ1) is 7.59. The van der Waals surface area contributed by atoms with Crippen LogP contribution in [0.25, 0.3) is 0 Å². The Morgan fingerprint density at radius 3 is 2.56 bits per heavy atom. The van der Waals surface area contributed by atoms with Gasteiger partial charge in [0.1, 0.15) is 0 Å². The van der Waals surface area contributed by atoms with E-state index in [2.05, 4.69) is 5.32 Å². The van der Waals surface area contributed by atoms with E-state index in [9.17, 15) is 9.59 Å². The minimum atomic E-state index is -0.0927. The molecule has 3 N–H and O–H groups in total. The van der Waals surface area contributed by atoms with Crippen molar-refractivity contribution in [2.24, 2.45) is 5.73 Å². The van der Waals surface area contributed by atoms with Crippen LogP contribution in [0.3, 0.4) is 0 Å². The lowest BCUT2D eigenvalue weighted by atomic mass is 10.2. The molecule has 92 valence electrons. The van der Waals surface area contributed by atoms with E-state index < -0.39 is 0 Å². The van der Waals surface area contributed by atoms with Crippen LogP contribution in [-0.2, 0) is 9.59 Å². The molecule has 1 unspecified atom stereocenters. The van der Waals surface area contributed by atoms with Gasteiger partial charge in [0.15, 0.2) is 0 Å². The quantitative estimate of drug-likeness (QED) is 0.686. The molecular formula is C11H21N3O2. The van der Waals surface area contributed by atoms with Gasteiger partial charge >= 0.3 is 0 Å². The molecule has 16 heavy (non-hydrogen) atoms. The molecule has 0 aromatic heterocycles. The summed E-state index contributed by atoms with van der Waals surface area (Å²) >= 11 is 0. The molecule has 0 saturated carbocycles. The maximum absolute atomic E-state index is 11.6. The summed E-state index contributed by atoms with van der Waals surface area (Å²) in [7, 11) is 0. The topological polar surface area (TPSA) is 75.4 Å². The lowest BCUT2D eigenvalue weighted by Crippen LogP contribution is -2.38. The molecule has 1 atom stereocenters. The molecule has 0 bridgehead atoms. The molecule has 0 aromatic carbocycles. The van der Waals surface area contributed by atoms with E-state index in [-0.39, 0.29) is 24.4 Å². The van der Waals surface area contributed by atoms with Crippen LogP contribution in [0.1, 0.15) is 32.6 Å². The van der Waals surface area contributed by atoms with E-state index in [1.807, 2.05) is 6.92 Å². The smallest absolute Gasteiger partial charge is 0.241 e. The lowest BCUT2D eigenvalue weighted by molar-refractivity contribution is -0.132. The van der Waals surface area contributed by atoms with E-state index in [0.717, 1.165) is 25.9 Å². The van der Waals surface area contributed by atoms with Crippen molar-refractivity contribution < 1.29 is 9.59 Å². The Hall–Kier alpha value is -1.10. The normalized spacial score (nSPS) is 17.2. The molecule has 1 rings (SSSR count). The molecule has 1 heterocycles. The molecule has 1 fully saturated rings. The van der Waals surface area contributed by atoms with Gasteiger partial charge in [0.05, 0.1) is 6.54 Å². The maximum atomic E-state index is 11.6. The molecule has 0 aliphatic carbocycles. The fraction of sp³-hybridized carbons (Fsp3) is 0.818. The third-order valence-electron chi connectivity index (χ3n) is 2.72. The number of hydrogen-bond acceptors (Lipinski definition) is 3. The number of hydrogen-bond donors (Lipinski definition) is 2. The van der Waals surface area contributed by atoms with Crippen LogP contribution in [0.15, 0.2) is 0 Å². The van der Waals surface area contributed by atoms with Gasteiger partial charge in [-0.05, 0) is 26.2 Å². The Kier molecular flexibility index (Phi) is 5.25. The highest BCUT2D eigenvalue weighted by Gasteiger charge is 2.17. The van der Waals surface area contributed by atoms with Crippen molar-refractivity contribution in [3.8, 4) is 0 Å². The number of carbonyl (C=O) groups excluding carboxylic acids is 2. The van der Waals surface area contributed by atoms with Gasteiger partial charge in [0.25, 0.3) is 0 Å². The second-order valence-corrected chi connectivity index (χ2v) is 4.38. The zero-order chi connectivity index (χ0) is 12.0. The van der Waals surface area contributed by atoms with E-state index in [0.29, 0.717) is 12.8 Å². The summed E-state index contributed by atoms with van der Waals surface area (Å²) in [6.07, 6.45) is 3.20. The van der Waals surface area contributed by atoms with Gasteiger partial charge in [-0.2, -0.15) is 0 Å². The lowest BCUT2D eigenvalue weighted by Gasteiger charge is -2.15. The van der Waals surface area contributed by atoms with Gasteiger partial charge in [-0.1, -0.05) is 0 Å². The van der Waals surface area contributed by atoms with Gasteiger partial charge in [-0.15, -0.1) is 0 Å². The Morgan fingerprint density at radius 2 is 2.00 bits per heavy atom. The number of carbonyl (C=O) groups is 2. The molecule has 1 aliphatic heterocycles. The average Bonchev–Trinajstić information content (AvgIpc) is 2.76. The summed E-state index contributed by atoms with van der Waals surface area (Å²) in [5.74, 6) is -0.0727. The molecule has 2 amide bonds. The summed E-state index contributed by atoms with van der Waals surface area (Å²) in [5.41, 5.74) is 5.54. The van der Waals surface area contributed by atoms with Crippen molar-refractivity contribution in [1.29, 1.82) is 0 Å². The highest BCUT2D eigenvalue weighted by molar-refractivity contribution is 5.84. The Labute approximate surface area is 96.4 Å². The number of nitrogens with zero attached hydrogens (tertiary/aromatic N) is 1. The first kappa shape index (κ1) is 13.0. The van der Waals surface area contributed by atoms with Crippen LogP contribution in [0, 0.1) is 0 Å². The summed E-state index contributed by atoms with van der Waals surface area (Å²) in [6, 6.07) is 0.0278. The third kappa shape index (κ3) is 4.61. The third-order valence-corrected chi connectivity index (χ3v) is 2.72. The Morgan fingerprint density at radius 1 is 1.38 bits per heavy atom. The molecule has 1 saturated heterocycles. The van der Waals surface area contributed by atoms with Crippen molar-refractivity contribution in [2.45, 2.75) is 38.6 Å². The molecule has 0 spiro atoms. The zero-order valence-corrected chi connectivity index (χ0v) is 9.87. The van der Waals surface area contributed by atoms with Gasteiger partial charge < -0.3 is 16.0 Å². The number of likely N-dealkylation sites (tertiary alicyclic amines) is 1. The monoisotopic (exact) mass is 227 g/mol. The van der Waals surface area contributed by atoms with Crippen LogP contribution in [-0.4, -0.2) is 42.4 Å². The molecule has 0 radical (unpaired) electrons. The largest absolute Gasteiger partial charge is 0.347 e. The van der Waals surface area contributed by atoms with E-state index >= 15 is 0 Å². The average molecular weight is 227 g/mol. The second-order valence-electron chi connectivity index (χ2n) is 4.38. The zero-order valence-electron chi connectivity index (χ0n) is 9.87. The number of amides is 2. The van der Waals surface area contributed by atoms with Gasteiger partial charge in [0, 0.05) is 25.6 Å². The fourth-order valence-corrected chi connectivity index (χ4v) is 1.70. The fourth-order valence-electron chi connectivity index (χ4n) is 1.70. The molecule has 1 aliphatic rings. The predicted octanol–water partition coefficient (Wildman–Crippen LogP) is -0.148. The van der Waals surface area contributed by atoms with Crippen molar-refractivity contribution >= 4 is 11.8 Å². The van der Waals surface area contributed by atoms with Crippen LogP contribution in [0.4, 0.5) is 0 Å². The minimum absolute atomic E-state index is 0.0200. The van der Waals surface area contributed by atoms with Crippen LogP contribution >= 0.6 is 0 Å². The minimum Gasteiger partial charge on any atom is -0.347 e. The van der Waals surface area contributed by atoms with Gasteiger partial charge in [-0.3, -0.25) is 9.59 Å². The number of nitrogens with one attached hydrogen (secondary N) is 1. The van der Waals surface area contributed by atoms with Crippen molar-refractivity contribution in [2.75, 3.05) is 19.6 Å². The van der Waals surface area contributed by atoms with Crippen LogP contribution in [0.5, 0.6) is 0 Å². The SMILES string of the molecule is CC(N)CCC(=O)NCC(=O)N1CCCC1. The second kappa shape index (κ2) is 6.48. The highest BCUT2D eigenvalue weighted by Crippen LogP contribution is 2.06. The summed E-state index contributed by atoms with van der Waals surface area (Å²) < 4.78 is 0. The summed E-state index contributed by atoms with van der Waals surface area (Å²) in [5, 5.41) is 2.63. The first-order valence-electron chi connectivity index (χ1n) is 5.89. The van der Waals surface area contributed by atoms with E-state index in [1.54, 1.807) is 4.90 Å². The standard InChI is InChI=1S/C11H21N3O2/c1-9(12)4-5-10(15)13-8-11(16)14-6-2-3-7-14/h9H,2-8,12H2,1H3,(H,13,15). The highest BCUT2D eigenvalue weighted by atomic mass is 16.2. The maximum Gasteiger partial charge on any atom is 0.241 e. The summed E-state index contributed by atoms with van der Waals surface area (Å²) in [6.45, 7) is 3.64. The van der Waals surface area contributed by atoms with Crippen LogP contribution in [0.2, 0.25) is 0 Å². The van der Waals surface area contributed by atoms with Crippen LogP contribution < -0.4 is 11.1 Å². The molecule has 5 heteroatoms. The number of nitrogens with two attached hydrogens (primary N) is 1. The van der Waals surface area contributed by atoms with Crippen molar-refractivity contribution in [3.63, 3.8) is 0 Å². The van der Waals surface area contributed by atoms with Crippen molar-refractivity contribution in [3.05, 3.63) is 0 Å². The molecular weight excluding hydrogens is 206 g/mol. The Bertz CT molecular complexity index is 248. The van der Waals surface area contributed by atoms with E-state index in [4.69, 9.17) is 5.73 Å². The number of rotatable bonds is 5. The van der Waals surface area contributed by atoms with Crippen molar-refractivity contribution in [1.82, 2.24) is 10.2 Å². The Balaban J connectivity index is 2.13. The van der Waals surface area contributed by atoms with Gasteiger partial charge in [-0.25, -0.2) is 0 Å². The first-order valence-corrected chi connectivity index (χ1v) is 5.89. The predicted molar refractivity (Wildman–Crippen MR) is 61.7 cm³/mol. The van der Waals surface area contributed by atoms with Gasteiger partial charge in [0.2, 0.25) is 11.8 Å². The summed E-state index contributed by atoms with van der Waals surface area (Å²) in [4.78, 5) is 24.7. The van der Waals surface area contributed by atoms with E-state index in [1.165, 1.54) is 0 Å².